The average molecular weight is 145 g/mol. The lowest BCUT2D eigenvalue weighted by Gasteiger charge is -2.02. The summed E-state index contributed by atoms with van der Waals surface area (Å²) in [4.78, 5) is 10.8. The third-order valence-corrected chi connectivity index (χ3v) is 2.44. The molecular formula is C6H11NOS. The third-order valence-electron chi connectivity index (χ3n) is 1.39. The fourth-order valence-corrected chi connectivity index (χ4v) is 1.83. The van der Waals surface area contributed by atoms with Crippen LogP contribution in [-0.4, -0.2) is 23.3 Å². The highest BCUT2D eigenvalue weighted by Crippen LogP contribution is 2.12. The summed E-state index contributed by atoms with van der Waals surface area (Å²) >= 11 is 1.70. The summed E-state index contributed by atoms with van der Waals surface area (Å²) in [7, 11) is 0. The van der Waals surface area contributed by atoms with E-state index >= 15 is 0 Å². The zero-order chi connectivity index (χ0) is 6.69. The molecule has 0 aromatic rings. The van der Waals surface area contributed by atoms with Gasteiger partial charge in [-0.15, -0.1) is 0 Å². The molecule has 1 fully saturated rings. The van der Waals surface area contributed by atoms with Gasteiger partial charge in [0.15, 0.2) is 0 Å². The predicted molar refractivity (Wildman–Crippen MR) is 39.5 cm³/mol. The minimum atomic E-state index is 0.132. The molecule has 0 amide bonds. The van der Waals surface area contributed by atoms with E-state index in [-0.39, 0.29) is 6.04 Å². The van der Waals surface area contributed by atoms with Crippen molar-refractivity contribution >= 4 is 17.5 Å². The van der Waals surface area contributed by atoms with E-state index in [1.165, 1.54) is 0 Å². The smallest absolute Gasteiger partial charge is 0.144 e. The van der Waals surface area contributed by atoms with E-state index in [2.05, 4.69) is 0 Å². The summed E-state index contributed by atoms with van der Waals surface area (Å²) < 4.78 is 0. The number of hydrogen-bond acceptors (Lipinski definition) is 3. The molecule has 0 saturated carbocycles. The minimum absolute atomic E-state index is 0.132. The van der Waals surface area contributed by atoms with E-state index in [4.69, 9.17) is 5.73 Å². The van der Waals surface area contributed by atoms with Crippen LogP contribution >= 0.6 is 11.8 Å². The van der Waals surface area contributed by atoms with Crippen LogP contribution in [0.4, 0.5) is 0 Å². The summed E-state index contributed by atoms with van der Waals surface area (Å²) in [5, 5.41) is 0. The molecule has 2 nitrogen and oxygen atoms in total. The van der Waals surface area contributed by atoms with Crippen molar-refractivity contribution in [3.05, 3.63) is 0 Å². The second-order valence-electron chi connectivity index (χ2n) is 2.34. The molecule has 1 saturated heterocycles. The van der Waals surface area contributed by atoms with Gasteiger partial charge in [0.1, 0.15) is 5.78 Å². The van der Waals surface area contributed by atoms with E-state index in [1.807, 2.05) is 0 Å². The highest BCUT2D eigenvalue weighted by molar-refractivity contribution is 7.99. The van der Waals surface area contributed by atoms with Crippen molar-refractivity contribution in [2.24, 2.45) is 5.73 Å². The lowest BCUT2D eigenvalue weighted by Crippen LogP contribution is -2.22. The van der Waals surface area contributed by atoms with E-state index in [0.29, 0.717) is 18.0 Å². The Labute approximate surface area is 59.2 Å². The molecule has 52 valence electrons. The van der Waals surface area contributed by atoms with Crippen LogP contribution in [0.25, 0.3) is 0 Å². The second-order valence-corrected chi connectivity index (χ2v) is 3.45. The fraction of sp³-hybridized carbons (Fsp3) is 0.833. The lowest BCUT2D eigenvalue weighted by atomic mass is 10.1. The number of nitrogens with two attached hydrogens (primary N) is 1. The van der Waals surface area contributed by atoms with Crippen LogP contribution in [0, 0.1) is 0 Å². The van der Waals surface area contributed by atoms with Gasteiger partial charge in [-0.25, -0.2) is 0 Å². The largest absolute Gasteiger partial charge is 0.327 e. The maximum absolute atomic E-state index is 10.8. The van der Waals surface area contributed by atoms with Crippen molar-refractivity contribution < 1.29 is 4.79 Å². The third kappa shape index (κ3) is 2.37. The first-order valence-corrected chi connectivity index (χ1v) is 4.29. The van der Waals surface area contributed by atoms with Gasteiger partial charge in [-0.3, -0.25) is 4.79 Å². The van der Waals surface area contributed by atoms with Crippen molar-refractivity contribution in [1.82, 2.24) is 0 Å². The lowest BCUT2D eigenvalue weighted by molar-refractivity contribution is -0.116. The summed E-state index contributed by atoms with van der Waals surface area (Å²) in [5.41, 5.74) is 5.59. The molecule has 1 unspecified atom stereocenters. The maximum atomic E-state index is 10.8. The SMILES string of the molecule is NC1CCSCC(=O)C1. The van der Waals surface area contributed by atoms with Crippen molar-refractivity contribution in [2.75, 3.05) is 11.5 Å². The van der Waals surface area contributed by atoms with Crippen LogP contribution in [0.1, 0.15) is 12.8 Å². The number of carbonyl (C=O) groups excluding carboxylic acids is 1. The Kier molecular flexibility index (Phi) is 2.54. The van der Waals surface area contributed by atoms with Crippen LogP contribution in [0.2, 0.25) is 0 Å². The standard InChI is InChI=1S/C6H11NOS/c7-5-1-2-9-4-6(8)3-5/h5H,1-4,7H2. The molecule has 1 heterocycles. The first kappa shape index (κ1) is 7.09. The van der Waals surface area contributed by atoms with Crippen molar-refractivity contribution in [1.29, 1.82) is 0 Å². The molecule has 0 aromatic heterocycles. The monoisotopic (exact) mass is 145 g/mol. The van der Waals surface area contributed by atoms with Gasteiger partial charge in [0, 0.05) is 12.5 Å². The average Bonchev–Trinajstić information content (AvgIpc) is 1.93. The number of carbonyl (C=O) groups is 1. The molecule has 0 bridgehead atoms. The number of thioether (sulfide) groups is 1. The first-order valence-electron chi connectivity index (χ1n) is 3.14. The Balaban J connectivity index is 2.37. The van der Waals surface area contributed by atoms with Gasteiger partial charge in [0.2, 0.25) is 0 Å². The Hall–Kier alpha value is -0.0200. The molecule has 0 radical (unpaired) electrons. The van der Waals surface area contributed by atoms with Crippen LogP contribution in [0.15, 0.2) is 0 Å². The molecule has 0 aromatic carbocycles. The van der Waals surface area contributed by atoms with Gasteiger partial charge in [-0.2, -0.15) is 11.8 Å². The molecule has 1 atom stereocenters. The van der Waals surface area contributed by atoms with Crippen molar-refractivity contribution in [2.45, 2.75) is 18.9 Å². The normalized spacial score (nSPS) is 29.9. The van der Waals surface area contributed by atoms with E-state index in [9.17, 15) is 4.79 Å². The highest BCUT2D eigenvalue weighted by atomic mass is 32.2. The first-order chi connectivity index (χ1) is 4.29. The summed E-state index contributed by atoms with van der Waals surface area (Å²) in [6, 6.07) is 0.132. The molecule has 2 N–H and O–H groups in total. The summed E-state index contributed by atoms with van der Waals surface area (Å²) in [6.07, 6.45) is 1.59. The molecule has 0 spiro atoms. The Morgan fingerprint density at radius 1 is 1.67 bits per heavy atom. The van der Waals surface area contributed by atoms with Gasteiger partial charge in [0.05, 0.1) is 5.75 Å². The highest BCUT2D eigenvalue weighted by Gasteiger charge is 2.13. The zero-order valence-electron chi connectivity index (χ0n) is 5.30. The number of ketones is 1. The predicted octanol–water partition coefficient (Wildman–Crippen LogP) is 0.410. The van der Waals surface area contributed by atoms with Gasteiger partial charge in [-0.1, -0.05) is 0 Å². The minimum Gasteiger partial charge on any atom is -0.327 e. The molecule has 3 heteroatoms. The van der Waals surface area contributed by atoms with Gasteiger partial charge >= 0.3 is 0 Å². The molecule has 1 aliphatic heterocycles. The van der Waals surface area contributed by atoms with Crippen LogP contribution in [0.3, 0.4) is 0 Å². The Morgan fingerprint density at radius 3 is 3.22 bits per heavy atom. The number of Topliss-reactive ketones (excluding diaryl/α,β-unsaturated/α-hetero) is 1. The quantitative estimate of drug-likeness (QED) is 0.537. The molecule has 9 heavy (non-hydrogen) atoms. The van der Waals surface area contributed by atoms with Gasteiger partial charge in [0.25, 0.3) is 0 Å². The summed E-state index contributed by atoms with van der Waals surface area (Å²) in [6.45, 7) is 0. The molecular weight excluding hydrogens is 134 g/mol. The zero-order valence-corrected chi connectivity index (χ0v) is 6.12. The van der Waals surface area contributed by atoms with Crippen LogP contribution in [-0.2, 0) is 4.79 Å². The van der Waals surface area contributed by atoms with Crippen LogP contribution < -0.4 is 5.73 Å². The number of hydrogen-bond donors (Lipinski definition) is 1. The van der Waals surface area contributed by atoms with E-state index < -0.39 is 0 Å². The van der Waals surface area contributed by atoms with Crippen molar-refractivity contribution in [3.8, 4) is 0 Å². The van der Waals surface area contributed by atoms with Crippen LogP contribution in [0.5, 0.6) is 0 Å². The van der Waals surface area contributed by atoms with Crippen molar-refractivity contribution in [3.63, 3.8) is 0 Å². The molecule has 1 aliphatic rings. The second kappa shape index (κ2) is 3.22. The molecule has 1 rings (SSSR count). The fourth-order valence-electron chi connectivity index (χ4n) is 0.874. The molecule has 0 aliphatic carbocycles. The van der Waals surface area contributed by atoms with Gasteiger partial charge < -0.3 is 5.73 Å². The number of rotatable bonds is 0. The summed E-state index contributed by atoms with van der Waals surface area (Å²) in [5.74, 6) is 2.03. The topological polar surface area (TPSA) is 43.1 Å². The van der Waals surface area contributed by atoms with Gasteiger partial charge in [-0.05, 0) is 12.2 Å². The van der Waals surface area contributed by atoms with E-state index in [0.717, 1.165) is 12.2 Å². The van der Waals surface area contributed by atoms with E-state index in [1.54, 1.807) is 11.8 Å². The Morgan fingerprint density at radius 2 is 2.44 bits per heavy atom. The maximum Gasteiger partial charge on any atom is 0.144 e. The Bertz CT molecular complexity index is 116.